The van der Waals surface area contributed by atoms with E-state index in [0.717, 1.165) is 16.3 Å². The zero-order valence-electron chi connectivity index (χ0n) is 16.9. The van der Waals surface area contributed by atoms with Gasteiger partial charge in [0.25, 0.3) is 0 Å². The fourth-order valence-corrected chi connectivity index (χ4v) is 4.09. The summed E-state index contributed by atoms with van der Waals surface area (Å²) in [6.07, 6.45) is -4.48. The Kier molecular flexibility index (Phi) is 6.15. The molecule has 0 aliphatic carbocycles. The molecule has 2 aromatic heterocycles. The van der Waals surface area contributed by atoms with E-state index in [1.54, 1.807) is 30.0 Å². The molecule has 4 rings (SSSR count). The summed E-state index contributed by atoms with van der Waals surface area (Å²) in [5, 5.41) is 9.81. The van der Waals surface area contributed by atoms with Crippen molar-refractivity contribution >= 4 is 40.3 Å². The molecule has 3 N–H and O–H groups in total. The van der Waals surface area contributed by atoms with Gasteiger partial charge in [-0.05, 0) is 25.1 Å². The summed E-state index contributed by atoms with van der Waals surface area (Å²) in [7, 11) is 0. The van der Waals surface area contributed by atoms with E-state index in [2.05, 4.69) is 25.5 Å². The van der Waals surface area contributed by atoms with Crippen molar-refractivity contribution in [1.29, 1.82) is 0 Å². The quantitative estimate of drug-likeness (QED) is 0.470. The summed E-state index contributed by atoms with van der Waals surface area (Å²) in [6, 6.07) is 4.84. The van der Waals surface area contributed by atoms with Gasteiger partial charge in [-0.25, -0.2) is 4.79 Å². The molecule has 10 nitrogen and oxygen atoms in total. The number of nitrogens with zero attached hydrogens (tertiary/aromatic N) is 4. The van der Waals surface area contributed by atoms with Gasteiger partial charge in [0.15, 0.2) is 5.16 Å². The Hall–Kier alpha value is -3.00. The number of morpholine rings is 1. The Balaban J connectivity index is 1.50. The predicted molar refractivity (Wildman–Crippen MR) is 112 cm³/mol. The lowest BCUT2D eigenvalue weighted by Gasteiger charge is -2.28. The maximum Gasteiger partial charge on any atom is 0.406 e. The molecule has 0 spiro atoms. The van der Waals surface area contributed by atoms with Gasteiger partial charge in [-0.1, -0.05) is 11.8 Å². The Morgan fingerprint density at radius 2 is 1.97 bits per heavy atom. The Labute approximate surface area is 183 Å². The molecule has 1 amide bonds. The van der Waals surface area contributed by atoms with Crippen molar-refractivity contribution < 1.29 is 22.7 Å². The highest BCUT2D eigenvalue weighted by atomic mass is 32.2. The lowest BCUT2D eigenvalue weighted by Crippen LogP contribution is -2.38. The number of amides is 1. The van der Waals surface area contributed by atoms with Crippen molar-refractivity contribution in [3.05, 3.63) is 28.7 Å². The fraction of sp³-hybridized carbons (Fsp3) is 0.444. The molecule has 1 saturated heterocycles. The molecule has 0 saturated carbocycles. The highest BCUT2D eigenvalue weighted by Gasteiger charge is 2.33. The van der Waals surface area contributed by atoms with Gasteiger partial charge in [0.1, 0.15) is 6.54 Å². The maximum absolute atomic E-state index is 13.2. The standard InChI is InChI=1S/C18H20F3N7O3S/c1-10(14(29)22-11-2-3-12-13(8-11)24-15(30)23-12)32-17-26-25-16(27-4-6-31-7-5-27)28(17)9-18(19,20)21/h2-3,8,10H,4-7,9H2,1H3,(H,22,29)(H2,23,24,30). The number of fused-ring (bicyclic) bond motifs is 1. The molecule has 1 fully saturated rings. The Bertz CT molecular complexity index is 1170. The molecular weight excluding hydrogens is 451 g/mol. The van der Waals surface area contributed by atoms with Gasteiger partial charge in [-0.2, -0.15) is 13.2 Å². The number of benzene rings is 1. The van der Waals surface area contributed by atoms with E-state index in [1.165, 1.54) is 0 Å². The lowest BCUT2D eigenvalue weighted by atomic mass is 10.2. The third kappa shape index (κ3) is 5.07. The first-order chi connectivity index (χ1) is 15.2. The third-order valence-electron chi connectivity index (χ3n) is 4.76. The number of nitrogens with one attached hydrogen (secondary N) is 3. The van der Waals surface area contributed by atoms with Crippen LogP contribution in [0.4, 0.5) is 24.8 Å². The number of aromatic nitrogens is 5. The highest BCUT2D eigenvalue weighted by Crippen LogP contribution is 2.30. The number of imidazole rings is 1. The number of alkyl halides is 3. The van der Waals surface area contributed by atoms with Crippen molar-refractivity contribution in [2.75, 3.05) is 36.5 Å². The molecule has 0 bridgehead atoms. The molecule has 1 atom stereocenters. The van der Waals surface area contributed by atoms with Gasteiger partial charge < -0.3 is 24.9 Å². The monoisotopic (exact) mass is 471 g/mol. The van der Waals surface area contributed by atoms with Crippen LogP contribution < -0.4 is 15.9 Å². The molecule has 3 aromatic rings. The molecular formula is C18H20F3N7O3S. The minimum absolute atomic E-state index is 0.00289. The molecule has 1 aliphatic rings. The van der Waals surface area contributed by atoms with Crippen LogP contribution in [0.25, 0.3) is 11.0 Å². The number of aromatic amines is 2. The second-order valence-corrected chi connectivity index (χ2v) is 8.48. The fourth-order valence-electron chi connectivity index (χ4n) is 3.25. The summed E-state index contributed by atoms with van der Waals surface area (Å²) < 4.78 is 45.9. The van der Waals surface area contributed by atoms with Crippen molar-refractivity contribution in [1.82, 2.24) is 24.7 Å². The number of hydrogen-bond acceptors (Lipinski definition) is 7. The Morgan fingerprint density at radius 3 is 2.69 bits per heavy atom. The van der Waals surface area contributed by atoms with Crippen LogP contribution >= 0.6 is 11.8 Å². The third-order valence-corrected chi connectivity index (χ3v) is 5.84. The van der Waals surface area contributed by atoms with E-state index in [0.29, 0.717) is 43.0 Å². The van der Waals surface area contributed by atoms with Gasteiger partial charge in [-0.15, -0.1) is 10.2 Å². The van der Waals surface area contributed by atoms with Crippen molar-refractivity contribution in [3.63, 3.8) is 0 Å². The van der Waals surface area contributed by atoms with Crippen LogP contribution in [0.5, 0.6) is 0 Å². The number of thioether (sulfide) groups is 1. The first kappa shape index (κ1) is 22.2. The number of H-pyrrole nitrogens is 2. The first-order valence-corrected chi connectivity index (χ1v) is 10.6. The lowest BCUT2D eigenvalue weighted by molar-refractivity contribution is -0.141. The number of halogens is 3. The molecule has 0 radical (unpaired) electrons. The second-order valence-electron chi connectivity index (χ2n) is 7.17. The van der Waals surface area contributed by atoms with Crippen LogP contribution in [0, 0.1) is 0 Å². The number of anilines is 2. The van der Waals surface area contributed by atoms with Crippen LogP contribution in [-0.4, -0.2) is 68.4 Å². The Morgan fingerprint density at radius 1 is 1.25 bits per heavy atom. The smallest absolute Gasteiger partial charge is 0.378 e. The number of ether oxygens (including phenoxy) is 1. The highest BCUT2D eigenvalue weighted by molar-refractivity contribution is 8.00. The second kappa shape index (κ2) is 8.86. The van der Waals surface area contributed by atoms with Crippen molar-refractivity contribution in [3.8, 4) is 0 Å². The number of hydrogen-bond donors (Lipinski definition) is 3. The van der Waals surface area contributed by atoms with Gasteiger partial charge >= 0.3 is 11.9 Å². The summed E-state index contributed by atoms with van der Waals surface area (Å²) in [5.74, 6) is -0.329. The average molecular weight is 471 g/mol. The van der Waals surface area contributed by atoms with E-state index in [1.807, 2.05) is 0 Å². The molecule has 3 heterocycles. The minimum Gasteiger partial charge on any atom is -0.378 e. The average Bonchev–Trinajstić information content (AvgIpc) is 3.29. The summed E-state index contributed by atoms with van der Waals surface area (Å²) in [6.45, 7) is 1.88. The number of rotatable bonds is 6. The molecule has 14 heteroatoms. The summed E-state index contributed by atoms with van der Waals surface area (Å²) in [4.78, 5) is 30.9. The zero-order valence-corrected chi connectivity index (χ0v) is 17.7. The van der Waals surface area contributed by atoms with Crippen LogP contribution in [-0.2, 0) is 16.1 Å². The van der Waals surface area contributed by atoms with Gasteiger partial charge in [0.2, 0.25) is 11.9 Å². The van der Waals surface area contributed by atoms with E-state index in [9.17, 15) is 22.8 Å². The molecule has 172 valence electrons. The molecule has 1 unspecified atom stereocenters. The van der Waals surface area contributed by atoms with Crippen LogP contribution in [0.15, 0.2) is 28.2 Å². The predicted octanol–water partition coefficient (Wildman–Crippen LogP) is 1.97. The zero-order chi connectivity index (χ0) is 22.9. The van der Waals surface area contributed by atoms with Crippen LogP contribution in [0.3, 0.4) is 0 Å². The van der Waals surface area contributed by atoms with E-state index < -0.39 is 23.9 Å². The molecule has 1 aliphatic heterocycles. The van der Waals surface area contributed by atoms with Crippen LogP contribution in [0.2, 0.25) is 0 Å². The summed E-state index contributed by atoms with van der Waals surface area (Å²) in [5.41, 5.74) is 1.18. The molecule has 1 aromatic carbocycles. The molecule has 32 heavy (non-hydrogen) atoms. The van der Waals surface area contributed by atoms with Gasteiger partial charge in [0, 0.05) is 18.8 Å². The van der Waals surface area contributed by atoms with Gasteiger partial charge in [0.05, 0.1) is 29.5 Å². The van der Waals surface area contributed by atoms with E-state index >= 15 is 0 Å². The maximum atomic E-state index is 13.2. The first-order valence-electron chi connectivity index (χ1n) is 9.72. The van der Waals surface area contributed by atoms with Crippen LogP contribution in [0.1, 0.15) is 6.92 Å². The SMILES string of the molecule is CC(Sc1nnc(N2CCOCC2)n1CC(F)(F)F)C(=O)Nc1ccc2[nH]c(=O)[nH]c2c1. The van der Waals surface area contributed by atoms with E-state index in [-0.39, 0.29) is 16.8 Å². The topological polar surface area (TPSA) is 121 Å². The van der Waals surface area contributed by atoms with E-state index in [4.69, 9.17) is 4.74 Å². The number of carbonyl (C=O) groups excluding carboxylic acids is 1. The minimum atomic E-state index is -4.48. The normalized spacial score (nSPS) is 15.8. The van der Waals surface area contributed by atoms with Crippen molar-refractivity contribution in [2.24, 2.45) is 0 Å². The summed E-state index contributed by atoms with van der Waals surface area (Å²) >= 11 is 0.886. The van der Waals surface area contributed by atoms with Crippen molar-refractivity contribution in [2.45, 2.75) is 30.1 Å². The van der Waals surface area contributed by atoms with Gasteiger partial charge in [-0.3, -0.25) is 9.36 Å². The largest absolute Gasteiger partial charge is 0.406 e. The number of carbonyl (C=O) groups is 1.